The number of fused-ring (bicyclic) bond motifs is 1. The maximum Gasteiger partial charge on any atom is 0.225 e. The zero-order chi connectivity index (χ0) is 17.9. The molecule has 7 heteroatoms. The van der Waals surface area contributed by atoms with Crippen molar-refractivity contribution >= 4 is 22.6 Å². The Bertz CT molecular complexity index is 916. The number of hydrogen-bond donors (Lipinski definition) is 1. The predicted molar refractivity (Wildman–Crippen MR) is 99.5 cm³/mol. The quantitative estimate of drug-likeness (QED) is 0.778. The van der Waals surface area contributed by atoms with Crippen LogP contribution in [0.25, 0.3) is 10.9 Å². The number of amides is 1. The fraction of sp³-hybridized carbons (Fsp3) is 0.368. The number of aryl methyl sites for hydroxylation is 1. The zero-order valence-electron chi connectivity index (χ0n) is 14.8. The molecule has 3 heterocycles. The van der Waals surface area contributed by atoms with Crippen molar-refractivity contribution in [3.63, 3.8) is 0 Å². The number of para-hydroxylation sites is 1. The lowest BCUT2D eigenvalue weighted by atomic mass is 9.97. The lowest BCUT2D eigenvalue weighted by molar-refractivity contribution is -0.125. The van der Waals surface area contributed by atoms with Crippen LogP contribution in [0.3, 0.4) is 0 Å². The lowest BCUT2D eigenvalue weighted by Gasteiger charge is -2.33. The molecule has 0 bridgehead atoms. The minimum absolute atomic E-state index is 0.0438. The average molecular weight is 350 g/mol. The van der Waals surface area contributed by atoms with Gasteiger partial charge in [0.25, 0.3) is 0 Å². The molecular weight excluding hydrogens is 328 g/mol. The average Bonchev–Trinajstić information content (AvgIpc) is 3.10. The highest BCUT2D eigenvalue weighted by atomic mass is 16.1. The van der Waals surface area contributed by atoms with Crippen molar-refractivity contribution in [2.75, 3.05) is 18.0 Å². The minimum Gasteiger partial charge on any atom is -0.355 e. The van der Waals surface area contributed by atoms with Crippen molar-refractivity contribution in [1.29, 1.82) is 0 Å². The fourth-order valence-corrected chi connectivity index (χ4v) is 3.50. The van der Waals surface area contributed by atoms with Crippen LogP contribution >= 0.6 is 0 Å². The van der Waals surface area contributed by atoms with Crippen LogP contribution in [0.1, 0.15) is 18.7 Å². The summed E-state index contributed by atoms with van der Waals surface area (Å²) in [6, 6.07) is 8.00. The molecule has 1 aliphatic rings. The van der Waals surface area contributed by atoms with E-state index in [2.05, 4.69) is 25.2 Å². The van der Waals surface area contributed by atoms with Crippen LogP contribution in [-0.2, 0) is 18.4 Å². The molecule has 1 aromatic carbocycles. The Balaban J connectivity index is 1.47. The van der Waals surface area contributed by atoms with E-state index in [0.717, 1.165) is 41.9 Å². The number of hydrogen-bond acceptors (Lipinski definition) is 5. The summed E-state index contributed by atoms with van der Waals surface area (Å²) in [5, 5.41) is 4.05. The first kappa shape index (κ1) is 16.5. The first-order chi connectivity index (χ1) is 12.7. The summed E-state index contributed by atoms with van der Waals surface area (Å²) in [6.07, 6.45) is 7.08. The normalized spacial score (nSPS) is 17.4. The van der Waals surface area contributed by atoms with Crippen LogP contribution in [0.4, 0.5) is 5.82 Å². The van der Waals surface area contributed by atoms with Crippen molar-refractivity contribution in [3.05, 3.63) is 48.8 Å². The van der Waals surface area contributed by atoms with Gasteiger partial charge in [0.15, 0.2) is 0 Å². The maximum atomic E-state index is 12.6. The van der Waals surface area contributed by atoms with Crippen molar-refractivity contribution in [2.24, 2.45) is 13.0 Å². The summed E-state index contributed by atoms with van der Waals surface area (Å²) in [7, 11) is 1.93. The maximum absolute atomic E-state index is 12.6. The van der Waals surface area contributed by atoms with E-state index in [0.29, 0.717) is 13.1 Å². The summed E-state index contributed by atoms with van der Waals surface area (Å²) in [4.78, 5) is 27.9. The second kappa shape index (κ2) is 7.11. The highest BCUT2D eigenvalue weighted by molar-refractivity contribution is 5.89. The first-order valence-electron chi connectivity index (χ1n) is 8.91. The van der Waals surface area contributed by atoms with Crippen LogP contribution in [0, 0.1) is 5.92 Å². The molecule has 0 radical (unpaired) electrons. The Morgan fingerprint density at radius 2 is 2.15 bits per heavy atom. The van der Waals surface area contributed by atoms with E-state index in [-0.39, 0.29) is 11.8 Å². The number of nitrogens with zero attached hydrogens (tertiary/aromatic N) is 5. The summed E-state index contributed by atoms with van der Waals surface area (Å²) in [6.45, 7) is 2.03. The van der Waals surface area contributed by atoms with Crippen LogP contribution in [-0.4, -0.2) is 38.5 Å². The number of piperidine rings is 1. The topological polar surface area (TPSA) is 75.9 Å². The van der Waals surface area contributed by atoms with Gasteiger partial charge in [-0.3, -0.25) is 4.79 Å². The molecule has 4 rings (SSSR count). The standard InChI is InChI=1S/C19H22N6O/c1-24-10-8-20-17(24)11-21-19(26)14-5-4-9-25(12-14)18-15-6-2-3-7-16(15)22-13-23-18/h2-3,6-8,10,13-14H,4-5,9,11-12H2,1H3,(H,21,26). The predicted octanol–water partition coefficient (Wildman–Crippen LogP) is 1.90. The van der Waals surface area contributed by atoms with Gasteiger partial charge in [-0.2, -0.15) is 0 Å². The molecule has 1 fully saturated rings. The van der Waals surface area contributed by atoms with E-state index in [4.69, 9.17) is 0 Å². The Hall–Kier alpha value is -2.96. The van der Waals surface area contributed by atoms with Gasteiger partial charge in [0.05, 0.1) is 18.0 Å². The molecule has 3 aromatic rings. The second-order valence-electron chi connectivity index (χ2n) is 6.67. The Morgan fingerprint density at radius 1 is 1.27 bits per heavy atom. The summed E-state index contributed by atoms with van der Waals surface area (Å²) in [5.41, 5.74) is 0.929. The largest absolute Gasteiger partial charge is 0.355 e. The monoisotopic (exact) mass is 350 g/mol. The number of carbonyl (C=O) groups excluding carboxylic acids is 1. The first-order valence-corrected chi connectivity index (χ1v) is 8.91. The third-order valence-corrected chi connectivity index (χ3v) is 4.96. The molecule has 0 saturated carbocycles. The number of rotatable bonds is 4. The molecule has 134 valence electrons. The lowest BCUT2D eigenvalue weighted by Crippen LogP contribution is -2.43. The molecule has 1 N–H and O–H groups in total. The molecule has 1 saturated heterocycles. The molecule has 26 heavy (non-hydrogen) atoms. The Labute approximate surface area is 152 Å². The smallest absolute Gasteiger partial charge is 0.225 e. The number of anilines is 1. The number of benzene rings is 1. The minimum atomic E-state index is -0.0438. The SMILES string of the molecule is Cn1ccnc1CNC(=O)C1CCCN(c2ncnc3ccccc23)C1. The summed E-state index contributed by atoms with van der Waals surface area (Å²) < 4.78 is 1.92. The molecular formula is C19H22N6O. The second-order valence-corrected chi connectivity index (χ2v) is 6.67. The van der Waals surface area contributed by atoms with Crippen LogP contribution in [0.2, 0.25) is 0 Å². The zero-order valence-corrected chi connectivity index (χ0v) is 14.8. The van der Waals surface area contributed by atoms with Gasteiger partial charge in [0.2, 0.25) is 5.91 Å². The van der Waals surface area contributed by atoms with Crippen LogP contribution < -0.4 is 10.2 Å². The van der Waals surface area contributed by atoms with E-state index < -0.39 is 0 Å². The van der Waals surface area contributed by atoms with E-state index in [1.165, 1.54) is 0 Å². The van der Waals surface area contributed by atoms with Crippen molar-refractivity contribution < 1.29 is 4.79 Å². The number of imidazole rings is 1. The van der Waals surface area contributed by atoms with Gasteiger partial charge in [-0.05, 0) is 25.0 Å². The number of nitrogens with one attached hydrogen (secondary N) is 1. The van der Waals surface area contributed by atoms with Crippen molar-refractivity contribution in [3.8, 4) is 0 Å². The molecule has 1 amide bonds. The molecule has 0 spiro atoms. The van der Waals surface area contributed by atoms with E-state index >= 15 is 0 Å². The van der Waals surface area contributed by atoms with Gasteiger partial charge in [0, 0.05) is 37.9 Å². The third-order valence-electron chi connectivity index (χ3n) is 4.96. The number of aromatic nitrogens is 4. The van der Waals surface area contributed by atoms with E-state index in [1.54, 1.807) is 12.5 Å². The third kappa shape index (κ3) is 3.24. The van der Waals surface area contributed by atoms with Gasteiger partial charge in [-0.25, -0.2) is 15.0 Å². The van der Waals surface area contributed by atoms with Crippen molar-refractivity contribution in [2.45, 2.75) is 19.4 Å². The molecule has 1 atom stereocenters. The van der Waals surface area contributed by atoms with Crippen molar-refractivity contribution in [1.82, 2.24) is 24.8 Å². The highest BCUT2D eigenvalue weighted by Crippen LogP contribution is 2.27. The Morgan fingerprint density at radius 3 is 3.00 bits per heavy atom. The van der Waals surface area contributed by atoms with Gasteiger partial charge in [-0.1, -0.05) is 12.1 Å². The van der Waals surface area contributed by atoms with Crippen LogP contribution in [0.5, 0.6) is 0 Å². The molecule has 1 aliphatic heterocycles. The van der Waals surface area contributed by atoms with Crippen LogP contribution in [0.15, 0.2) is 43.0 Å². The van der Waals surface area contributed by atoms with Gasteiger partial charge in [0.1, 0.15) is 18.0 Å². The van der Waals surface area contributed by atoms with Gasteiger partial charge in [-0.15, -0.1) is 0 Å². The van der Waals surface area contributed by atoms with E-state index in [1.807, 2.05) is 42.1 Å². The van der Waals surface area contributed by atoms with Gasteiger partial charge < -0.3 is 14.8 Å². The molecule has 0 aliphatic carbocycles. The molecule has 1 unspecified atom stereocenters. The fourth-order valence-electron chi connectivity index (χ4n) is 3.50. The Kier molecular flexibility index (Phi) is 4.51. The highest BCUT2D eigenvalue weighted by Gasteiger charge is 2.27. The summed E-state index contributed by atoms with van der Waals surface area (Å²) >= 11 is 0. The van der Waals surface area contributed by atoms with E-state index in [9.17, 15) is 4.79 Å². The molecule has 7 nitrogen and oxygen atoms in total. The van der Waals surface area contributed by atoms with Gasteiger partial charge >= 0.3 is 0 Å². The summed E-state index contributed by atoms with van der Waals surface area (Å²) in [5.74, 6) is 1.80. The number of carbonyl (C=O) groups is 1. The molecule has 2 aromatic heterocycles.